The van der Waals surface area contributed by atoms with Crippen molar-refractivity contribution in [3.05, 3.63) is 0 Å². The summed E-state index contributed by atoms with van der Waals surface area (Å²) in [6, 6.07) is 1.56. The minimum absolute atomic E-state index is 0.754. The Morgan fingerprint density at radius 2 is 1.69 bits per heavy atom. The fraction of sp³-hybridized carbons (Fsp3) is 1.00. The number of likely N-dealkylation sites (tertiary alicyclic amines) is 1. The second-order valence-corrected chi connectivity index (χ2v) is 6.15. The van der Waals surface area contributed by atoms with Crippen LogP contribution in [-0.2, 0) is 0 Å². The van der Waals surface area contributed by atoms with Gasteiger partial charge in [0.2, 0.25) is 0 Å². The lowest BCUT2D eigenvalue weighted by atomic mass is 9.98. The molecule has 2 rings (SSSR count). The van der Waals surface area contributed by atoms with Gasteiger partial charge in [-0.1, -0.05) is 13.8 Å². The minimum Gasteiger partial charge on any atom is -0.314 e. The Kier molecular flexibility index (Phi) is 4.26. The molecule has 2 nitrogen and oxygen atoms in total. The van der Waals surface area contributed by atoms with Crippen LogP contribution in [-0.4, -0.2) is 36.6 Å². The Morgan fingerprint density at radius 1 is 1.06 bits per heavy atom. The summed E-state index contributed by atoms with van der Waals surface area (Å²) in [5, 5.41) is 3.75. The van der Waals surface area contributed by atoms with E-state index < -0.39 is 0 Å². The molecule has 0 radical (unpaired) electrons. The zero-order chi connectivity index (χ0) is 11.5. The zero-order valence-electron chi connectivity index (χ0n) is 11.2. The molecule has 2 aliphatic rings. The topological polar surface area (TPSA) is 15.3 Å². The molecular weight excluding hydrogens is 196 g/mol. The van der Waals surface area contributed by atoms with Gasteiger partial charge in [-0.05, 0) is 64.1 Å². The summed E-state index contributed by atoms with van der Waals surface area (Å²) in [6.45, 7) is 10.9. The summed E-state index contributed by atoms with van der Waals surface area (Å²) in [5.74, 6) is 1.81. The smallest absolute Gasteiger partial charge is 0.00915 e. The predicted octanol–water partition coefficient (Wildman–Crippen LogP) is 2.49. The molecule has 0 aromatic heterocycles. The molecular formula is C14H28N2. The number of piperidine rings is 1. The lowest BCUT2D eigenvalue weighted by Crippen LogP contribution is -2.47. The van der Waals surface area contributed by atoms with E-state index in [-0.39, 0.29) is 0 Å². The number of nitrogens with one attached hydrogen (secondary N) is 1. The fourth-order valence-electron chi connectivity index (χ4n) is 2.59. The van der Waals surface area contributed by atoms with E-state index in [1.165, 1.54) is 45.3 Å². The van der Waals surface area contributed by atoms with Crippen molar-refractivity contribution in [1.29, 1.82) is 0 Å². The summed E-state index contributed by atoms with van der Waals surface area (Å²) in [4.78, 5) is 2.67. The van der Waals surface area contributed by atoms with Gasteiger partial charge in [0.15, 0.2) is 0 Å². The van der Waals surface area contributed by atoms with E-state index in [4.69, 9.17) is 0 Å². The summed E-state index contributed by atoms with van der Waals surface area (Å²) in [5.41, 5.74) is 0. The van der Waals surface area contributed by atoms with Crippen LogP contribution in [0.3, 0.4) is 0 Å². The second-order valence-electron chi connectivity index (χ2n) is 6.15. The normalized spacial score (nSPS) is 26.2. The molecule has 1 heterocycles. The molecule has 0 bridgehead atoms. The largest absolute Gasteiger partial charge is 0.314 e. The van der Waals surface area contributed by atoms with Gasteiger partial charge < -0.3 is 10.2 Å². The molecule has 1 atom stereocenters. The molecule has 0 aromatic carbocycles. The zero-order valence-corrected chi connectivity index (χ0v) is 11.2. The highest BCUT2D eigenvalue weighted by Crippen LogP contribution is 2.28. The third-order valence-electron chi connectivity index (χ3n) is 4.46. The first-order chi connectivity index (χ1) is 7.66. The first kappa shape index (κ1) is 12.4. The molecule has 2 heteroatoms. The van der Waals surface area contributed by atoms with E-state index in [0.717, 1.165) is 23.9 Å². The lowest BCUT2D eigenvalue weighted by Gasteiger charge is -2.38. The maximum Gasteiger partial charge on any atom is 0.00915 e. The van der Waals surface area contributed by atoms with Crippen LogP contribution in [0, 0.1) is 11.8 Å². The van der Waals surface area contributed by atoms with Gasteiger partial charge in [0.25, 0.3) is 0 Å². The molecule has 94 valence electrons. The highest BCUT2D eigenvalue weighted by Gasteiger charge is 2.26. The first-order valence-electron chi connectivity index (χ1n) is 7.14. The molecule has 0 spiro atoms. The molecule has 1 saturated carbocycles. The maximum atomic E-state index is 3.75. The Balaban J connectivity index is 1.65. The van der Waals surface area contributed by atoms with E-state index in [9.17, 15) is 0 Å². The van der Waals surface area contributed by atoms with Gasteiger partial charge >= 0.3 is 0 Å². The number of nitrogens with zero attached hydrogens (tertiary/aromatic N) is 1. The molecule has 1 N–H and O–H groups in total. The highest BCUT2D eigenvalue weighted by atomic mass is 15.2. The average molecular weight is 224 g/mol. The van der Waals surface area contributed by atoms with Crippen LogP contribution in [0.2, 0.25) is 0 Å². The van der Waals surface area contributed by atoms with Crippen LogP contribution in [0.15, 0.2) is 0 Å². The van der Waals surface area contributed by atoms with Crippen molar-refractivity contribution in [2.24, 2.45) is 11.8 Å². The van der Waals surface area contributed by atoms with E-state index in [1.807, 2.05) is 0 Å². The Bertz CT molecular complexity index is 203. The molecule has 2 fully saturated rings. The Morgan fingerprint density at radius 3 is 2.19 bits per heavy atom. The summed E-state index contributed by atoms with van der Waals surface area (Å²) in [7, 11) is 0. The van der Waals surface area contributed by atoms with Crippen LogP contribution in [0.4, 0.5) is 0 Å². The second kappa shape index (κ2) is 5.50. The van der Waals surface area contributed by atoms with Crippen molar-refractivity contribution < 1.29 is 0 Å². The summed E-state index contributed by atoms with van der Waals surface area (Å²) >= 11 is 0. The Hall–Kier alpha value is -0.0800. The van der Waals surface area contributed by atoms with Crippen LogP contribution in [0.5, 0.6) is 0 Å². The van der Waals surface area contributed by atoms with Crippen LogP contribution >= 0.6 is 0 Å². The lowest BCUT2D eigenvalue weighted by molar-refractivity contribution is 0.124. The van der Waals surface area contributed by atoms with Crippen molar-refractivity contribution in [1.82, 2.24) is 10.2 Å². The van der Waals surface area contributed by atoms with E-state index in [2.05, 4.69) is 31.0 Å². The average Bonchev–Trinajstić information content (AvgIpc) is 3.10. The molecule has 0 aromatic rings. The SMILES string of the molecule is CC(C)C(C)N1CCC(NCC2CC2)CC1. The molecule has 16 heavy (non-hydrogen) atoms. The van der Waals surface area contributed by atoms with E-state index >= 15 is 0 Å². The quantitative estimate of drug-likeness (QED) is 0.772. The van der Waals surface area contributed by atoms with Crippen LogP contribution in [0.25, 0.3) is 0 Å². The van der Waals surface area contributed by atoms with Gasteiger partial charge in [-0.2, -0.15) is 0 Å². The van der Waals surface area contributed by atoms with E-state index in [0.29, 0.717) is 0 Å². The fourth-order valence-corrected chi connectivity index (χ4v) is 2.59. The monoisotopic (exact) mass is 224 g/mol. The minimum atomic E-state index is 0.754. The standard InChI is InChI=1S/C14H28N2/c1-11(2)12(3)16-8-6-14(7-9-16)15-10-13-4-5-13/h11-15H,4-10H2,1-3H3. The van der Waals surface area contributed by atoms with Gasteiger partial charge in [-0.15, -0.1) is 0 Å². The van der Waals surface area contributed by atoms with Gasteiger partial charge in [0, 0.05) is 12.1 Å². The summed E-state index contributed by atoms with van der Waals surface area (Å²) < 4.78 is 0. The van der Waals surface area contributed by atoms with Gasteiger partial charge in [0.1, 0.15) is 0 Å². The van der Waals surface area contributed by atoms with Crippen LogP contribution in [0.1, 0.15) is 46.5 Å². The van der Waals surface area contributed by atoms with Gasteiger partial charge in [-0.25, -0.2) is 0 Å². The maximum absolute atomic E-state index is 3.75. The highest BCUT2D eigenvalue weighted by molar-refractivity contribution is 4.83. The van der Waals surface area contributed by atoms with Crippen molar-refractivity contribution >= 4 is 0 Å². The molecule has 0 amide bonds. The van der Waals surface area contributed by atoms with E-state index in [1.54, 1.807) is 0 Å². The number of hydrogen-bond acceptors (Lipinski definition) is 2. The third kappa shape index (κ3) is 3.46. The van der Waals surface area contributed by atoms with Crippen molar-refractivity contribution in [2.45, 2.75) is 58.5 Å². The Labute approximate surface area is 101 Å². The molecule has 1 aliphatic heterocycles. The molecule has 1 saturated heterocycles. The van der Waals surface area contributed by atoms with Crippen molar-refractivity contribution in [3.8, 4) is 0 Å². The van der Waals surface area contributed by atoms with Crippen molar-refractivity contribution in [2.75, 3.05) is 19.6 Å². The first-order valence-corrected chi connectivity index (χ1v) is 7.14. The summed E-state index contributed by atoms with van der Waals surface area (Å²) in [6.07, 6.45) is 5.64. The van der Waals surface area contributed by atoms with Crippen molar-refractivity contribution in [3.63, 3.8) is 0 Å². The molecule has 1 unspecified atom stereocenters. The van der Waals surface area contributed by atoms with Gasteiger partial charge in [0.05, 0.1) is 0 Å². The number of rotatable bonds is 5. The van der Waals surface area contributed by atoms with Gasteiger partial charge in [-0.3, -0.25) is 0 Å². The molecule has 1 aliphatic carbocycles. The number of hydrogen-bond donors (Lipinski definition) is 1. The third-order valence-corrected chi connectivity index (χ3v) is 4.46. The van der Waals surface area contributed by atoms with Crippen LogP contribution < -0.4 is 5.32 Å². The predicted molar refractivity (Wildman–Crippen MR) is 69.6 cm³/mol.